The van der Waals surface area contributed by atoms with E-state index in [1.807, 2.05) is 6.92 Å². The van der Waals surface area contributed by atoms with Gasteiger partial charge in [-0.15, -0.1) is 0 Å². The molecule has 1 saturated heterocycles. The SMILES string of the molecule is CCNC(=NCc1ccccc1F)NCC1(CCO)CCOC1. The molecule has 3 N–H and O–H groups in total. The summed E-state index contributed by atoms with van der Waals surface area (Å²) >= 11 is 0. The maximum atomic E-state index is 13.7. The maximum absolute atomic E-state index is 13.7. The molecule has 1 atom stereocenters. The van der Waals surface area contributed by atoms with Crippen LogP contribution >= 0.6 is 0 Å². The fourth-order valence-corrected chi connectivity index (χ4v) is 2.72. The summed E-state index contributed by atoms with van der Waals surface area (Å²) in [7, 11) is 0. The minimum absolute atomic E-state index is 0.0526. The third-order valence-electron chi connectivity index (χ3n) is 4.17. The van der Waals surface area contributed by atoms with E-state index in [1.165, 1.54) is 6.07 Å². The molecule has 23 heavy (non-hydrogen) atoms. The number of nitrogens with one attached hydrogen (secondary N) is 2. The van der Waals surface area contributed by atoms with E-state index in [-0.39, 0.29) is 24.4 Å². The number of ether oxygens (including phenoxy) is 1. The molecule has 0 bridgehead atoms. The van der Waals surface area contributed by atoms with Gasteiger partial charge in [-0.25, -0.2) is 9.38 Å². The Morgan fingerprint density at radius 3 is 2.87 bits per heavy atom. The van der Waals surface area contributed by atoms with E-state index in [0.717, 1.165) is 19.6 Å². The van der Waals surface area contributed by atoms with Crippen molar-refractivity contribution in [1.82, 2.24) is 10.6 Å². The molecule has 0 aromatic heterocycles. The molecule has 1 fully saturated rings. The molecular formula is C17H26FN3O2. The first-order valence-electron chi connectivity index (χ1n) is 8.13. The number of rotatable bonds is 7. The van der Waals surface area contributed by atoms with Gasteiger partial charge < -0.3 is 20.5 Å². The van der Waals surface area contributed by atoms with Crippen molar-refractivity contribution in [3.05, 3.63) is 35.6 Å². The van der Waals surface area contributed by atoms with Gasteiger partial charge >= 0.3 is 0 Å². The summed E-state index contributed by atoms with van der Waals surface area (Å²) in [5.74, 6) is 0.410. The number of aliphatic imine (C=N–C) groups is 1. The Labute approximate surface area is 137 Å². The minimum atomic E-state index is -0.243. The molecule has 0 saturated carbocycles. The lowest BCUT2D eigenvalue weighted by atomic mass is 9.84. The predicted octanol–water partition coefficient (Wildman–Crippen LogP) is 1.67. The van der Waals surface area contributed by atoms with Gasteiger partial charge in [0.15, 0.2) is 5.96 Å². The normalized spacial score (nSPS) is 21.4. The van der Waals surface area contributed by atoms with Gasteiger partial charge in [0, 0.05) is 37.3 Å². The van der Waals surface area contributed by atoms with E-state index in [1.54, 1.807) is 18.2 Å². The third-order valence-corrected chi connectivity index (χ3v) is 4.17. The molecule has 2 rings (SSSR count). The Bertz CT molecular complexity index is 516. The van der Waals surface area contributed by atoms with E-state index in [4.69, 9.17) is 4.74 Å². The summed E-state index contributed by atoms with van der Waals surface area (Å²) in [4.78, 5) is 4.45. The summed E-state index contributed by atoms with van der Waals surface area (Å²) in [6.45, 7) is 5.20. The van der Waals surface area contributed by atoms with Crippen molar-refractivity contribution in [1.29, 1.82) is 0 Å². The highest BCUT2D eigenvalue weighted by atomic mass is 19.1. The number of hydrogen-bond acceptors (Lipinski definition) is 3. The number of benzene rings is 1. The number of halogens is 1. The molecule has 0 radical (unpaired) electrons. The summed E-state index contributed by atoms with van der Waals surface area (Å²) in [6, 6.07) is 6.66. The van der Waals surface area contributed by atoms with Gasteiger partial charge in [-0.1, -0.05) is 18.2 Å². The maximum Gasteiger partial charge on any atom is 0.191 e. The highest BCUT2D eigenvalue weighted by Crippen LogP contribution is 2.31. The van der Waals surface area contributed by atoms with Crippen LogP contribution in [0.25, 0.3) is 0 Å². The second-order valence-electron chi connectivity index (χ2n) is 5.92. The van der Waals surface area contributed by atoms with Crippen LogP contribution in [0.2, 0.25) is 0 Å². The Morgan fingerprint density at radius 1 is 1.39 bits per heavy atom. The fourth-order valence-electron chi connectivity index (χ4n) is 2.72. The molecule has 1 aromatic rings. The number of guanidine groups is 1. The van der Waals surface area contributed by atoms with Crippen LogP contribution in [-0.2, 0) is 11.3 Å². The average Bonchev–Trinajstić information content (AvgIpc) is 3.01. The topological polar surface area (TPSA) is 65.9 Å². The quantitative estimate of drug-likeness (QED) is 0.527. The van der Waals surface area contributed by atoms with Gasteiger partial charge in [-0.2, -0.15) is 0 Å². The van der Waals surface area contributed by atoms with Gasteiger partial charge in [-0.05, 0) is 25.8 Å². The lowest BCUT2D eigenvalue weighted by Crippen LogP contribution is -2.44. The van der Waals surface area contributed by atoms with E-state index in [0.29, 0.717) is 31.1 Å². The van der Waals surface area contributed by atoms with Crippen LogP contribution in [0.15, 0.2) is 29.3 Å². The number of aliphatic hydroxyl groups is 1. The Hall–Kier alpha value is -1.66. The van der Waals surface area contributed by atoms with Crippen LogP contribution in [-0.4, -0.2) is 44.0 Å². The monoisotopic (exact) mass is 323 g/mol. The number of hydrogen-bond donors (Lipinski definition) is 3. The Morgan fingerprint density at radius 2 is 2.22 bits per heavy atom. The second kappa shape index (κ2) is 8.84. The summed E-state index contributed by atoms with van der Waals surface area (Å²) in [5, 5.41) is 15.7. The number of aliphatic hydroxyl groups excluding tert-OH is 1. The highest BCUT2D eigenvalue weighted by Gasteiger charge is 2.34. The van der Waals surface area contributed by atoms with Crippen molar-refractivity contribution in [2.45, 2.75) is 26.3 Å². The zero-order valence-corrected chi connectivity index (χ0v) is 13.6. The first-order chi connectivity index (χ1) is 11.2. The molecule has 1 heterocycles. The molecule has 5 nitrogen and oxygen atoms in total. The van der Waals surface area contributed by atoms with Crippen LogP contribution < -0.4 is 10.6 Å². The molecular weight excluding hydrogens is 297 g/mol. The first kappa shape index (κ1) is 17.7. The molecule has 1 aliphatic heterocycles. The predicted molar refractivity (Wildman–Crippen MR) is 88.8 cm³/mol. The smallest absolute Gasteiger partial charge is 0.191 e. The van der Waals surface area contributed by atoms with E-state index < -0.39 is 0 Å². The molecule has 128 valence electrons. The van der Waals surface area contributed by atoms with E-state index >= 15 is 0 Å². The van der Waals surface area contributed by atoms with Gasteiger partial charge in [0.25, 0.3) is 0 Å². The summed E-state index contributed by atoms with van der Waals surface area (Å²) in [5.41, 5.74) is 0.516. The van der Waals surface area contributed by atoms with Crippen molar-refractivity contribution in [2.24, 2.45) is 10.4 Å². The van der Waals surface area contributed by atoms with Crippen molar-refractivity contribution in [3.8, 4) is 0 Å². The van der Waals surface area contributed by atoms with Crippen LogP contribution in [0.3, 0.4) is 0 Å². The van der Waals surface area contributed by atoms with Gasteiger partial charge in [0.05, 0.1) is 13.2 Å². The van der Waals surface area contributed by atoms with Crippen LogP contribution in [0, 0.1) is 11.2 Å². The average molecular weight is 323 g/mol. The minimum Gasteiger partial charge on any atom is -0.396 e. The second-order valence-corrected chi connectivity index (χ2v) is 5.92. The van der Waals surface area contributed by atoms with E-state index in [9.17, 15) is 9.50 Å². The summed E-state index contributed by atoms with van der Waals surface area (Å²) in [6.07, 6.45) is 1.62. The first-order valence-corrected chi connectivity index (χ1v) is 8.13. The van der Waals surface area contributed by atoms with Crippen molar-refractivity contribution < 1.29 is 14.2 Å². The van der Waals surface area contributed by atoms with Gasteiger partial charge in [0.1, 0.15) is 5.82 Å². The van der Waals surface area contributed by atoms with Crippen LogP contribution in [0.1, 0.15) is 25.3 Å². The molecule has 6 heteroatoms. The fraction of sp³-hybridized carbons (Fsp3) is 0.588. The van der Waals surface area contributed by atoms with Gasteiger partial charge in [-0.3, -0.25) is 0 Å². The molecule has 1 aliphatic rings. The van der Waals surface area contributed by atoms with Crippen LogP contribution in [0.5, 0.6) is 0 Å². The highest BCUT2D eigenvalue weighted by molar-refractivity contribution is 5.79. The lowest BCUT2D eigenvalue weighted by Gasteiger charge is -2.27. The summed E-state index contributed by atoms with van der Waals surface area (Å²) < 4.78 is 19.2. The standard InChI is InChI=1S/C17H26FN3O2/c1-2-19-16(20-11-14-5-3-4-6-15(14)18)21-12-17(7-9-22)8-10-23-13-17/h3-6,22H,2,7-13H2,1H3,(H2,19,20,21). The molecule has 0 amide bonds. The zero-order valence-electron chi connectivity index (χ0n) is 13.6. The largest absolute Gasteiger partial charge is 0.396 e. The lowest BCUT2D eigenvalue weighted by molar-refractivity contribution is 0.127. The number of nitrogens with zero attached hydrogens (tertiary/aromatic N) is 1. The molecule has 0 spiro atoms. The van der Waals surface area contributed by atoms with Crippen LogP contribution in [0.4, 0.5) is 4.39 Å². The van der Waals surface area contributed by atoms with Gasteiger partial charge in [0.2, 0.25) is 0 Å². The Kier molecular flexibility index (Phi) is 6.80. The molecule has 1 unspecified atom stereocenters. The molecule has 0 aliphatic carbocycles. The van der Waals surface area contributed by atoms with Crippen molar-refractivity contribution in [3.63, 3.8) is 0 Å². The van der Waals surface area contributed by atoms with E-state index in [2.05, 4.69) is 15.6 Å². The third kappa shape index (κ3) is 5.18. The molecule has 1 aromatic carbocycles. The Balaban J connectivity index is 1.97. The van der Waals surface area contributed by atoms with Crippen molar-refractivity contribution >= 4 is 5.96 Å². The van der Waals surface area contributed by atoms with Crippen molar-refractivity contribution in [2.75, 3.05) is 32.9 Å². The zero-order chi connectivity index (χ0) is 16.5.